The lowest BCUT2D eigenvalue weighted by atomic mass is 10.1. The fourth-order valence-corrected chi connectivity index (χ4v) is 1.99. The molecular weight excluding hydrogens is 262 g/mol. The monoisotopic (exact) mass is 275 g/mol. The molecule has 1 heterocycles. The van der Waals surface area contributed by atoms with E-state index in [4.69, 9.17) is 17.3 Å². The first-order valence-electron chi connectivity index (χ1n) is 5.77. The van der Waals surface area contributed by atoms with Crippen LogP contribution in [-0.2, 0) is 0 Å². The van der Waals surface area contributed by atoms with Crippen molar-refractivity contribution in [3.05, 3.63) is 52.3 Å². The van der Waals surface area contributed by atoms with E-state index in [-0.39, 0.29) is 5.91 Å². The van der Waals surface area contributed by atoms with Gasteiger partial charge in [-0.25, -0.2) is 4.98 Å². The molecule has 0 fully saturated rings. The van der Waals surface area contributed by atoms with Crippen LogP contribution in [0.15, 0.2) is 30.3 Å². The Bertz CT molecular complexity index is 620. The molecule has 1 aromatic carbocycles. The molecule has 2 aromatic rings. The topological polar surface area (TPSA) is 68.0 Å². The summed E-state index contributed by atoms with van der Waals surface area (Å²) >= 11 is 5.77. The molecule has 0 atom stereocenters. The van der Waals surface area contributed by atoms with Gasteiger partial charge in [0.15, 0.2) is 0 Å². The molecule has 0 saturated carbocycles. The molecule has 0 aliphatic heterocycles. The molecule has 2 rings (SSSR count). The zero-order chi connectivity index (χ0) is 14.0. The normalized spacial score (nSPS) is 10.3. The number of hydrogen-bond donors (Lipinski definition) is 2. The molecule has 1 amide bonds. The van der Waals surface area contributed by atoms with Gasteiger partial charge in [-0.2, -0.15) is 0 Å². The second-order valence-electron chi connectivity index (χ2n) is 4.35. The molecule has 0 saturated heterocycles. The summed E-state index contributed by atoms with van der Waals surface area (Å²) in [4.78, 5) is 16.2. The van der Waals surface area contributed by atoms with Crippen molar-refractivity contribution in [2.45, 2.75) is 13.8 Å². The predicted molar refractivity (Wildman–Crippen MR) is 77.5 cm³/mol. The quantitative estimate of drug-likeness (QED) is 0.653. The second-order valence-corrected chi connectivity index (χ2v) is 4.74. The van der Waals surface area contributed by atoms with Crippen LogP contribution in [0.1, 0.15) is 21.6 Å². The summed E-state index contributed by atoms with van der Waals surface area (Å²) in [5.41, 5.74) is 9.06. The number of pyridine rings is 1. The number of nitrogens with two attached hydrogens (primary N) is 1. The maximum Gasteiger partial charge on any atom is 0.255 e. The first kappa shape index (κ1) is 13.4. The lowest BCUT2D eigenvalue weighted by Gasteiger charge is -2.09. The van der Waals surface area contributed by atoms with E-state index in [9.17, 15) is 4.79 Å². The Labute approximate surface area is 116 Å². The van der Waals surface area contributed by atoms with Crippen molar-refractivity contribution in [3.63, 3.8) is 0 Å². The third-order valence-electron chi connectivity index (χ3n) is 2.66. The lowest BCUT2D eigenvalue weighted by Crippen LogP contribution is -2.13. The highest BCUT2D eigenvalue weighted by atomic mass is 35.5. The Morgan fingerprint density at radius 3 is 2.63 bits per heavy atom. The number of carbonyl (C=O) groups excluding carboxylic acids is 1. The van der Waals surface area contributed by atoms with E-state index >= 15 is 0 Å². The molecule has 0 aliphatic rings. The number of carbonyl (C=O) groups is 1. The lowest BCUT2D eigenvalue weighted by molar-refractivity contribution is 0.102. The van der Waals surface area contributed by atoms with Crippen molar-refractivity contribution in [2.75, 3.05) is 11.1 Å². The van der Waals surface area contributed by atoms with Crippen LogP contribution in [-0.4, -0.2) is 10.9 Å². The standard InChI is InChI=1S/C14H14ClN3O/c1-8-5-10(7-11(16)6-8)14(19)18-12-3-4-13(15)17-9(12)2/h3-7H,16H2,1-2H3,(H,18,19). The van der Waals surface area contributed by atoms with Gasteiger partial charge in [0.25, 0.3) is 5.91 Å². The second kappa shape index (κ2) is 5.28. The summed E-state index contributed by atoms with van der Waals surface area (Å²) in [5, 5.41) is 3.19. The molecule has 0 unspecified atom stereocenters. The first-order chi connectivity index (χ1) is 8.95. The molecule has 0 bridgehead atoms. The van der Waals surface area contributed by atoms with Crippen molar-refractivity contribution < 1.29 is 4.79 Å². The molecule has 98 valence electrons. The van der Waals surface area contributed by atoms with Gasteiger partial charge in [0.1, 0.15) is 5.15 Å². The molecule has 5 heteroatoms. The van der Waals surface area contributed by atoms with Crippen molar-refractivity contribution in [1.82, 2.24) is 4.98 Å². The smallest absolute Gasteiger partial charge is 0.255 e. The third kappa shape index (κ3) is 3.23. The van der Waals surface area contributed by atoms with Crippen molar-refractivity contribution >= 4 is 28.9 Å². The van der Waals surface area contributed by atoms with Crippen LogP contribution < -0.4 is 11.1 Å². The number of halogens is 1. The third-order valence-corrected chi connectivity index (χ3v) is 2.87. The minimum absolute atomic E-state index is 0.220. The van der Waals surface area contributed by atoms with E-state index in [0.29, 0.717) is 27.8 Å². The van der Waals surface area contributed by atoms with Crippen LogP contribution in [0.3, 0.4) is 0 Å². The molecule has 19 heavy (non-hydrogen) atoms. The van der Waals surface area contributed by atoms with E-state index in [1.165, 1.54) is 0 Å². The van der Waals surface area contributed by atoms with Crippen LogP contribution in [0.5, 0.6) is 0 Å². The summed E-state index contributed by atoms with van der Waals surface area (Å²) in [7, 11) is 0. The number of nitrogens with one attached hydrogen (secondary N) is 1. The van der Waals surface area contributed by atoms with E-state index in [1.54, 1.807) is 31.2 Å². The molecular formula is C14H14ClN3O. The van der Waals surface area contributed by atoms with E-state index in [2.05, 4.69) is 10.3 Å². The number of anilines is 2. The van der Waals surface area contributed by atoms with Crippen molar-refractivity contribution in [1.29, 1.82) is 0 Å². The minimum atomic E-state index is -0.220. The van der Waals surface area contributed by atoms with Gasteiger partial charge in [-0.1, -0.05) is 11.6 Å². The average molecular weight is 276 g/mol. The summed E-state index contributed by atoms with van der Waals surface area (Å²) in [5.74, 6) is -0.220. The highest BCUT2D eigenvalue weighted by Gasteiger charge is 2.09. The maximum absolute atomic E-state index is 12.1. The largest absolute Gasteiger partial charge is 0.399 e. The fraction of sp³-hybridized carbons (Fsp3) is 0.143. The zero-order valence-electron chi connectivity index (χ0n) is 10.7. The number of nitrogens with zero attached hydrogens (tertiary/aromatic N) is 1. The average Bonchev–Trinajstić information content (AvgIpc) is 2.31. The Morgan fingerprint density at radius 2 is 2.00 bits per heavy atom. The Balaban J connectivity index is 2.25. The number of amides is 1. The number of aryl methyl sites for hydroxylation is 2. The zero-order valence-corrected chi connectivity index (χ0v) is 11.5. The summed E-state index contributed by atoms with van der Waals surface area (Å²) in [6, 6.07) is 8.59. The van der Waals surface area contributed by atoms with Gasteiger partial charge in [0.2, 0.25) is 0 Å². The molecule has 1 aromatic heterocycles. The molecule has 3 N–H and O–H groups in total. The molecule has 0 spiro atoms. The molecule has 0 radical (unpaired) electrons. The van der Waals surface area contributed by atoms with Crippen LogP contribution in [0.2, 0.25) is 5.15 Å². The summed E-state index contributed by atoms with van der Waals surface area (Å²) < 4.78 is 0. The minimum Gasteiger partial charge on any atom is -0.399 e. The van der Waals surface area contributed by atoms with Crippen LogP contribution >= 0.6 is 11.6 Å². The van der Waals surface area contributed by atoms with Crippen molar-refractivity contribution in [2.24, 2.45) is 0 Å². The number of nitrogen functional groups attached to an aromatic ring is 1. The highest BCUT2D eigenvalue weighted by Crippen LogP contribution is 2.18. The summed E-state index contributed by atoms with van der Waals surface area (Å²) in [6.45, 7) is 3.67. The van der Waals surface area contributed by atoms with Crippen LogP contribution in [0.25, 0.3) is 0 Å². The van der Waals surface area contributed by atoms with Crippen LogP contribution in [0, 0.1) is 13.8 Å². The Morgan fingerprint density at radius 1 is 1.26 bits per heavy atom. The first-order valence-corrected chi connectivity index (χ1v) is 6.15. The SMILES string of the molecule is Cc1cc(N)cc(C(=O)Nc2ccc(Cl)nc2C)c1. The Kier molecular flexibility index (Phi) is 3.71. The Hall–Kier alpha value is -2.07. The van der Waals surface area contributed by atoms with Gasteiger partial charge >= 0.3 is 0 Å². The van der Waals surface area contributed by atoms with E-state index in [1.807, 2.05) is 13.0 Å². The number of benzene rings is 1. The van der Waals surface area contributed by atoms with Gasteiger partial charge in [-0.15, -0.1) is 0 Å². The fourth-order valence-electron chi connectivity index (χ4n) is 1.80. The molecule has 0 aliphatic carbocycles. The van der Waals surface area contributed by atoms with Gasteiger partial charge in [-0.3, -0.25) is 4.79 Å². The number of rotatable bonds is 2. The molecule has 4 nitrogen and oxygen atoms in total. The predicted octanol–water partition coefficient (Wildman–Crippen LogP) is 3.19. The van der Waals surface area contributed by atoms with Gasteiger partial charge in [-0.05, 0) is 49.7 Å². The van der Waals surface area contributed by atoms with Gasteiger partial charge in [0, 0.05) is 11.3 Å². The number of hydrogen-bond acceptors (Lipinski definition) is 3. The van der Waals surface area contributed by atoms with E-state index < -0.39 is 0 Å². The maximum atomic E-state index is 12.1. The van der Waals surface area contributed by atoms with Crippen molar-refractivity contribution in [3.8, 4) is 0 Å². The summed E-state index contributed by atoms with van der Waals surface area (Å²) in [6.07, 6.45) is 0. The van der Waals surface area contributed by atoms with E-state index in [0.717, 1.165) is 5.56 Å². The number of aromatic nitrogens is 1. The highest BCUT2D eigenvalue weighted by molar-refractivity contribution is 6.29. The van der Waals surface area contributed by atoms with Crippen LogP contribution in [0.4, 0.5) is 11.4 Å². The van der Waals surface area contributed by atoms with Gasteiger partial charge in [0.05, 0.1) is 11.4 Å². The van der Waals surface area contributed by atoms with Gasteiger partial charge < -0.3 is 11.1 Å².